The van der Waals surface area contributed by atoms with Gasteiger partial charge in [-0.05, 0) is 43.5 Å². The zero-order valence-electron chi connectivity index (χ0n) is 17.9. The fraction of sp³-hybridized carbons (Fsp3) is 0.409. The van der Waals surface area contributed by atoms with Crippen LogP contribution in [0, 0.1) is 0 Å². The number of ether oxygens (including phenoxy) is 2. The number of aliphatic hydroxyl groups excluding tert-OH is 1. The second-order valence-corrected chi connectivity index (χ2v) is 9.23. The third-order valence-corrected chi connectivity index (χ3v) is 6.76. The van der Waals surface area contributed by atoms with Crippen LogP contribution in [0.4, 0.5) is 10.5 Å². The highest BCUT2D eigenvalue weighted by Crippen LogP contribution is 2.24. The standard InChI is InChI=1S/C22H29N3O6S/c1-30-20-10-6-5-9-18(20)24-22(27)25-19-12-11-16(31-21(19)15-26)13-14-23-32(28,29)17-7-3-2-4-8-17/h2-10,16,19,21,23,26H,11-15H2,1H3,(H2,24,25,27)/t16-,19+,21+/m0/s1. The van der Waals surface area contributed by atoms with Crippen LogP contribution in [0.3, 0.4) is 0 Å². The predicted molar refractivity (Wildman–Crippen MR) is 120 cm³/mol. The molecule has 2 amide bonds. The summed E-state index contributed by atoms with van der Waals surface area (Å²) in [4.78, 5) is 12.6. The molecule has 1 aliphatic rings. The van der Waals surface area contributed by atoms with E-state index in [1.54, 1.807) is 42.5 Å². The molecule has 1 fully saturated rings. The first-order chi connectivity index (χ1) is 15.4. The van der Waals surface area contributed by atoms with Gasteiger partial charge in [-0.3, -0.25) is 0 Å². The lowest BCUT2D eigenvalue weighted by Crippen LogP contribution is -2.52. The summed E-state index contributed by atoms with van der Waals surface area (Å²) in [7, 11) is -2.05. The Bertz CT molecular complexity index is 986. The number of para-hydroxylation sites is 2. The van der Waals surface area contributed by atoms with Crippen molar-refractivity contribution in [1.82, 2.24) is 10.0 Å². The Morgan fingerprint density at radius 2 is 1.84 bits per heavy atom. The van der Waals surface area contributed by atoms with Crippen molar-refractivity contribution in [2.45, 2.75) is 42.4 Å². The molecule has 1 saturated heterocycles. The minimum absolute atomic E-state index is 0.211. The molecule has 0 aliphatic carbocycles. The van der Waals surface area contributed by atoms with Gasteiger partial charge < -0.3 is 25.2 Å². The van der Waals surface area contributed by atoms with Gasteiger partial charge in [0.15, 0.2) is 0 Å². The van der Waals surface area contributed by atoms with Crippen LogP contribution in [0.5, 0.6) is 5.75 Å². The van der Waals surface area contributed by atoms with E-state index in [0.29, 0.717) is 30.7 Å². The molecule has 0 unspecified atom stereocenters. The highest BCUT2D eigenvalue weighted by Gasteiger charge is 2.32. The van der Waals surface area contributed by atoms with E-state index in [1.165, 1.54) is 19.2 Å². The van der Waals surface area contributed by atoms with Crippen LogP contribution in [0.1, 0.15) is 19.3 Å². The summed E-state index contributed by atoms with van der Waals surface area (Å²) in [5.41, 5.74) is 0.536. The van der Waals surface area contributed by atoms with E-state index in [-0.39, 0.29) is 30.2 Å². The van der Waals surface area contributed by atoms with Crippen LogP contribution < -0.4 is 20.1 Å². The Morgan fingerprint density at radius 3 is 2.56 bits per heavy atom. The van der Waals surface area contributed by atoms with E-state index in [4.69, 9.17) is 9.47 Å². The number of sulfonamides is 1. The van der Waals surface area contributed by atoms with Crippen molar-refractivity contribution in [2.75, 3.05) is 25.6 Å². The Balaban J connectivity index is 1.47. The fourth-order valence-electron chi connectivity index (χ4n) is 3.62. The molecule has 10 heteroatoms. The van der Waals surface area contributed by atoms with Gasteiger partial charge in [-0.25, -0.2) is 17.9 Å². The van der Waals surface area contributed by atoms with Gasteiger partial charge in [-0.2, -0.15) is 0 Å². The fourth-order valence-corrected chi connectivity index (χ4v) is 4.69. The Hall–Kier alpha value is -2.66. The van der Waals surface area contributed by atoms with Crippen LogP contribution in [0.25, 0.3) is 0 Å². The summed E-state index contributed by atoms with van der Waals surface area (Å²) >= 11 is 0. The molecule has 3 rings (SSSR count). The van der Waals surface area contributed by atoms with E-state index in [9.17, 15) is 18.3 Å². The molecule has 174 valence electrons. The highest BCUT2D eigenvalue weighted by molar-refractivity contribution is 7.89. The predicted octanol–water partition coefficient (Wildman–Crippen LogP) is 2.09. The van der Waals surface area contributed by atoms with Crippen LogP contribution in [0.2, 0.25) is 0 Å². The molecule has 4 N–H and O–H groups in total. The third-order valence-electron chi connectivity index (χ3n) is 5.28. The smallest absolute Gasteiger partial charge is 0.319 e. The molecule has 32 heavy (non-hydrogen) atoms. The third kappa shape index (κ3) is 6.42. The molecule has 0 radical (unpaired) electrons. The maximum absolute atomic E-state index is 12.4. The van der Waals surface area contributed by atoms with Crippen molar-refractivity contribution in [1.29, 1.82) is 0 Å². The minimum Gasteiger partial charge on any atom is -0.495 e. The molecular formula is C22H29N3O6S. The van der Waals surface area contributed by atoms with Crippen molar-refractivity contribution in [3.05, 3.63) is 54.6 Å². The van der Waals surface area contributed by atoms with Crippen molar-refractivity contribution >= 4 is 21.7 Å². The topological polar surface area (TPSA) is 126 Å². The molecule has 0 bridgehead atoms. The molecule has 0 spiro atoms. The van der Waals surface area contributed by atoms with E-state index in [1.807, 2.05) is 0 Å². The van der Waals surface area contributed by atoms with Crippen molar-refractivity contribution < 1.29 is 27.8 Å². The Kier molecular flexibility index (Phi) is 8.46. The second kappa shape index (κ2) is 11.3. The first-order valence-electron chi connectivity index (χ1n) is 10.4. The molecule has 0 saturated carbocycles. The largest absolute Gasteiger partial charge is 0.495 e. The second-order valence-electron chi connectivity index (χ2n) is 7.46. The highest BCUT2D eigenvalue weighted by atomic mass is 32.2. The van der Waals surface area contributed by atoms with Gasteiger partial charge in [0.05, 0.1) is 36.4 Å². The maximum atomic E-state index is 12.4. The van der Waals surface area contributed by atoms with Gasteiger partial charge in [0.2, 0.25) is 10.0 Å². The number of rotatable bonds is 9. The van der Waals surface area contributed by atoms with E-state index in [2.05, 4.69) is 15.4 Å². The first kappa shape index (κ1) is 24.0. The lowest BCUT2D eigenvalue weighted by Gasteiger charge is -2.36. The normalized spacial score (nSPS) is 21.0. The monoisotopic (exact) mass is 463 g/mol. The summed E-state index contributed by atoms with van der Waals surface area (Å²) < 4.78 is 38.3. The number of hydrogen-bond acceptors (Lipinski definition) is 6. The molecule has 1 aliphatic heterocycles. The Labute approximate surface area is 188 Å². The van der Waals surface area contributed by atoms with Gasteiger partial charge in [-0.15, -0.1) is 0 Å². The number of methoxy groups -OCH3 is 1. The number of hydrogen-bond donors (Lipinski definition) is 4. The summed E-state index contributed by atoms with van der Waals surface area (Å²) in [6.07, 6.45) is 0.885. The average Bonchev–Trinajstić information content (AvgIpc) is 2.80. The van der Waals surface area contributed by atoms with E-state index < -0.39 is 22.2 Å². The zero-order valence-corrected chi connectivity index (χ0v) is 18.7. The summed E-state index contributed by atoms with van der Waals surface area (Å²) in [5.74, 6) is 0.541. The number of nitrogens with one attached hydrogen (secondary N) is 3. The zero-order chi connectivity index (χ0) is 23.0. The van der Waals surface area contributed by atoms with Crippen molar-refractivity contribution in [2.24, 2.45) is 0 Å². The quantitative estimate of drug-likeness (QED) is 0.451. The lowest BCUT2D eigenvalue weighted by atomic mass is 9.97. The van der Waals surface area contributed by atoms with Crippen LogP contribution in [-0.2, 0) is 14.8 Å². The van der Waals surface area contributed by atoms with Gasteiger partial charge in [-0.1, -0.05) is 30.3 Å². The van der Waals surface area contributed by atoms with E-state index in [0.717, 1.165) is 0 Å². The molecule has 3 atom stereocenters. The lowest BCUT2D eigenvalue weighted by molar-refractivity contribution is -0.0884. The number of urea groups is 1. The molecule has 9 nitrogen and oxygen atoms in total. The van der Waals surface area contributed by atoms with Gasteiger partial charge in [0.1, 0.15) is 11.9 Å². The minimum atomic E-state index is -3.57. The van der Waals surface area contributed by atoms with Crippen LogP contribution >= 0.6 is 0 Å². The SMILES string of the molecule is COc1ccccc1NC(=O)N[C@@H]1CC[C@@H](CCNS(=O)(=O)c2ccccc2)O[C@@H]1CO. The first-order valence-corrected chi connectivity index (χ1v) is 11.9. The molecular weight excluding hydrogens is 434 g/mol. The summed E-state index contributed by atoms with van der Waals surface area (Å²) in [6, 6.07) is 14.4. The summed E-state index contributed by atoms with van der Waals surface area (Å²) in [5, 5.41) is 15.3. The van der Waals surface area contributed by atoms with Crippen LogP contribution in [-0.4, -0.2) is 58.1 Å². The molecule has 1 heterocycles. The van der Waals surface area contributed by atoms with E-state index >= 15 is 0 Å². The van der Waals surface area contributed by atoms with Crippen molar-refractivity contribution in [3.8, 4) is 5.75 Å². The average molecular weight is 464 g/mol. The van der Waals surface area contributed by atoms with Gasteiger partial charge >= 0.3 is 6.03 Å². The maximum Gasteiger partial charge on any atom is 0.319 e. The van der Waals surface area contributed by atoms with Crippen molar-refractivity contribution in [3.63, 3.8) is 0 Å². The molecule has 2 aromatic carbocycles. The van der Waals surface area contributed by atoms with Crippen LogP contribution in [0.15, 0.2) is 59.5 Å². The molecule has 0 aromatic heterocycles. The number of carbonyl (C=O) groups excluding carboxylic acids is 1. The Morgan fingerprint density at radius 1 is 1.12 bits per heavy atom. The number of anilines is 1. The number of aliphatic hydroxyl groups is 1. The van der Waals surface area contributed by atoms with Gasteiger partial charge in [0.25, 0.3) is 0 Å². The summed E-state index contributed by atoms with van der Waals surface area (Å²) in [6.45, 7) is -0.0434. The number of carbonyl (C=O) groups is 1. The molecule has 2 aromatic rings. The van der Waals surface area contributed by atoms with Gasteiger partial charge in [0, 0.05) is 6.54 Å². The number of benzene rings is 2. The number of amides is 2.